The molecule has 2 heterocycles. The maximum atomic E-state index is 11.3. The first kappa shape index (κ1) is 10.8. The molecule has 7 nitrogen and oxygen atoms in total. The number of rotatable bonds is 3. The van der Waals surface area contributed by atoms with E-state index in [9.17, 15) is 9.59 Å². The van der Waals surface area contributed by atoms with E-state index in [0.717, 1.165) is 0 Å². The van der Waals surface area contributed by atoms with Crippen molar-refractivity contribution in [3.05, 3.63) is 21.0 Å². The van der Waals surface area contributed by atoms with Crippen LogP contribution in [0.3, 0.4) is 0 Å². The van der Waals surface area contributed by atoms with Gasteiger partial charge in [0, 0.05) is 9.82 Å². The third-order valence-corrected chi connectivity index (χ3v) is 3.89. The lowest BCUT2D eigenvalue weighted by molar-refractivity contribution is -0.145. The molecular weight excluding hydrogens is 232 g/mol. The fourth-order valence-electron chi connectivity index (χ4n) is 1.71. The smallest absolute Gasteiger partial charge is 0.353 e. The van der Waals surface area contributed by atoms with E-state index < -0.39 is 12.0 Å². The molecule has 1 N–H and O–H groups in total. The number of amides is 1. The number of thioether (sulfide) groups is 1. The molecule has 1 unspecified atom stereocenters. The summed E-state index contributed by atoms with van der Waals surface area (Å²) in [5, 5.41) is 12.4. The Morgan fingerprint density at radius 1 is 1.81 bits per heavy atom. The summed E-state index contributed by atoms with van der Waals surface area (Å²) < 4.78 is 0. The molecular formula is C8H8N4O3S. The van der Waals surface area contributed by atoms with Crippen molar-refractivity contribution < 1.29 is 14.7 Å². The van der Waals surface area contributed by atoms with E-state index in [1.165, 1.54) is 16.7 Å². The minimum Gasteiger partial charge on any atom is -0.477 e. The predicted molar refractivity (Wildman–Crippen MR) is 56.1 cm³/mol. The van der Waals surface area contributed by atoms with Crippen molar-refractivity contribution in [3.63, 3.8) is 0 Å². The molecule has 0 bridgehead atoms. The number of carboxylic acid groups (broad SMARTS) is 1. The first-order valence-corrected chi connectivity index (χ1v) is 5.44. The number of carbonyl (C=O) groups is 2. The average molecular weight is 240 g/mol. The average Bonchev–Trinajstić information content (AvgIpc) is 2.51. The summed E-state index contributed by atoms with van der Waals surface area (Å²) in [6.07, 6.45) is 0.341. The number of aliphatic carboxylic acids is 1. The zero-order valence-corrected chi connectivity index (χ0v) is 9.14. The highest BCUT2D eigenvalue weighted by molar-refractivity contribution is 8.04. The van der Waals surface area contributed by atoms with Gasteiger partial charge in [-0.3, -0.25) is 9.69 Å². The quantitative estimate of drug-likeness (QED) is 0.347. The fourth-order valence-corrected chi connectivity index (χ4v) is 3.09. The van der Waals surface area contributed by atoms with Crippen LogP contribution >= 0.6 is 11.8 Å². The molecule has 1 saturated heterocycles. The first-order chi connectivity index (χ1) is 7.56. The molecule has 1 fully saturated rings. The molecule has 0 aromatic heterocycles. The fraction of sp³-hybridized carbons (Fsp3) is 0.500. The number of fused-ring (bicyclic) bond motifs is 1. The molecule has 2 rings (SSSR count). The van der Waals surface area contributed by atoms with Gasteiger partial charge < -0.3 is 5.11 Å². The lowest BCUT2D eigenvalue weighted by Gasteiger charge is -2.33. The number of hydrogen-bond acceptors (Lipinski definition) is 4. The van der Waals surface area contributed by atoms with Crippen LogP contribution in [0.2, 0.25) is 0 Å². The Balaban J connectivity index is 2.39. The topological polar surface area (TPSA) is 106 Å². The van der Waals surface area contributed by atoms with Crippen LogP contribution in [0.4, 0.5) is 0 Å². The molecule has 8 heteroatoms. The molecule has 84 valence electrons. The number of azide groups is 1. The Morgan fingerprint density at radius 2 is 2.50 bits per heavy atom. The van der Waals surface area contributed by atoms with Gasteiger partial charge in [0.25, 0.3) is 0 Å². The van der Waals surface area contributed by atoms with Gasteiger partial charge in [0.05, 0.1) is 17.8 Å². The number of carboxylic acids is 1. The van der Waals surface area contributed by atoms with E-state index in [1.54, 1.807) is 6.92 Å². The molecule has 0 aromatic rings. The van der Waals surface area contributed by atoms with Gasteiger partial charge in [-0.1, -0.05) is 12.0 Å². The first-order valence-electron chi connectivity index (χ1n) is 4.56. The van der Waals surface area contributed by atoms with E-state index in [0.29, 0.717) is 11.3 Å². The Morgan fingerprint density at radius 3 is 3.00 bits per heavy atom. The second-order valence-corrected chi connectivity index (χ2v) is 4.66. The molecule has 2 aliphatic rings. The normalized spacial score (nSPS) is 24.7. The van der Waals surface area contributed by atoms with Crippen molar-refractivity contribution in [2.75, 3.05) is 0 Å². The van der Waals surface area contributed by atoms with Gasteiger partial charge in [-0.2, -0.15) is 0 Å². The molecule has 1 amide bonds. The van der Waals surface area contributed by atoms with Gasteiger partial charge in [0.2, 0.25) is 5.91 Å². The van der Waals surface area contributed by atoms with Crippen molar-refractivity contribution in [1.29, 1.82) is 0 Å². The summed E-state index contributed by atoms with van der Waals surface area (Å²) in [6, 6.07) is -0.556. The van der Waals surface area contributed by atoms with Crippen molar-refractivity contribution in [1.82, 2.24) is 4.90 Å². The molecule has 0 spiro atoms. The molecule has 16 heavy (non-hydrogen) atoms. The van der Waals surface area contributed by atoms with Gasteiger partial charge in [0.15, 0.2) is 0 Å². The summed E-state index contributed by atoms with van der Waals surface area (Å²) in [5.41, 5.74) is 8.28. The van der Waals surface area contributed by atoms with Gasteiger partial charge in [0.1, 0.15) is 5.70 Å². The molecule has 2 aliphatic heterocycles. The Labute approximate surface area is 94.7 Å². The summed E-state index contributed by atoms with van der Waals surface area (Å²) in [7, 11) is 0. The second-order valence-electron chi connectivity index (χ2n) is 3.44. The number of β-lactam (4-membered cyclic amide) rings is 1. The summed E-state index contributed by atoms with van der Waals surface area (Å²) in [4.78, 5) is 26.7. The molecule has 0 aromatic carbocycles. The van der Waals surface area contributed by atoms with Gasteiger partial charge in [-0.05, 0) is 5.53 Å². The lowest BCUT2D eigenvalue weighted by Crippen LogP contribution is -2.48. The van der Waals surface area contributed by atoms with Crippen LogP contribution in [0.15, 0.2) is 15.7 Å². The predicted octanol–water partition coefficient (Wildman–Crippen LogP) is 1.29. The monoisotopic (exact) mass is 240 g/mol. The number of nitrogens with zero attached hydrogens (tertiary/aromatic N) is 4. The van der Waals surface area contributed by atoms with Crippen molar-refractivity contribution in [3.8, 4) is 0 Å². The van der Waals surface area contributed by atoms with E-state index >= 15 is 0 Å². The van der Waals surface area contributed by atoms with Crippen LogP contribution in [-0.4, -0.2) is 33.3 Å². The Kier molecular flexibility index (Phi) is 2.53. The molecule has 0 aliphatic carbocycles. The minimum absolute atomic E-state index is 0.0360. The summed E-state index contributed by atoms with van der Waals surface area (Å²) in [5.74, 6) is -1.35. The highest BCUT2D eigenvalue weighted by Crippen LogP contribution is 2.47. The van der Waals surface area contributed by atoms with Crippen LogP contribution in [0.5, 0.6) is 0 Å². The minimum atomic E-state index is -1.15. The zero-order chi connectivity index (χ0) is 11.9. The Hall–Kier alpha value is -1.66. The number of carbonyl (C=O) groups excluding carboxylic acids is 1. The molecule has 2 atom stereocenters. The van der Waals surface area contributed by atoms with Gasteiger partial charge in [-0.15, -0.1) is 11.8 Å². The standard InChI is InChI=1S/C8H8N4O3S/c1-3(10-11-9)7-6(8(14)15)12-4(13)2-5(12)16-7/h3,5H,2H2,1H3,(H,14,15)/t3?,5-/m0/s1. The summed E-state index contributed by atoms with van der Waals surface area (Å²) >= 11 is 1.29. The van der Waals surface area contributed by atoms with Crippen LogP contribution in [0.1, 0.15) is 13.3 Å². The van der Waals surface area contributed by atoms with Crippen molar-refractivity contribution in [2.45, 2.75) is 24.8 Å². The third kappa shape index (κ3) is 1.43. The lowest BCUT2D eigenvalue weighted by atomic mass is 10.1. The SMILES string of the molecule is CC(N=[N+]=[N-])C1=C(C(=O)O)N2C(=O)C[C@@H]2S1. The van der Waals surface area contributed by atoms with E-state index in [2.05, 4.69) is 10.0 Å². The Bertz CT molecular complexity index is 454. The highest BCUT2D eigenvalue weighted by atomic mass is 32.2. The van der Waals surface area contributed by atoms with Crippen molar-refractivity contribution >= 4 is 23.6 Å². The second kappa shape index (κ2) is 3.73. The maximum absolute atomic E-state index is 11.3. The van der Waals surface area contributed by atoms with Gasteiger partial charge >= 0.3 is 5.97 Å². The molecule has 0 radical (unpaired) electrons. The molecule has 0 saturated carbocycles. The van der Waals surface area contributed by atoms with Crippen LogP contribution < -0.4 is 0 Å². The zero-order valence-electron chi connectivity index (χ0n) is 8.32. The number of hydrogen-bond donors (Lipinski definition) is 1. The van der Waals surface area contributed by atoms with E-state index in [4.69, 9.17) is 10.6 Å². The van der Waals surface area contributed by atoms with E-state index in [-0.39, 0.29) is 17.0 Å². The van der Waals surface area contributed by atoms with Crippen LogP contribution in [-0.2, 0) is 9.59 Å². The largest absolute Gasteiger partial charge is 0.477 e. The van der Waals surface area contributed by atoms with Gasteiger partial charge in [-0.25, -0.2) is 4.79 Å². The third-order valence-electron chi connectivity index (χ3n) is 2.45. The van der Waals surface area contributed by atoms with Crippen LogP contribution in [0, 0.1) is 0 Å². The summed E-state index contributed by atoms with van der Waals surface area (Å²) in [6.45, 7) is 1.61. The van der Waals surface area contributed by atoms with Crippen molar-refractivity contribution in [2.24, 2.45) is 5.11 Å². The maximum Gasteiger partial charge on any atom is 0.353 e. The highest BCUT2D eigenvalue weighted by Gasteiger charge is 2.49. The van der Waals surface area contributed by atoms with Crippen LogP contribution in [0.25, 0.3) is 10.4 Å². The van der Waals surface area contributed by atoms with E-state index in [1.807, 2.05) is 0 Å².